The van der Waals surface area contributed by atoms with Crippen LogP contribution in [0.3, 0.4) is 0 Å². The first-order chi connectivity index (χ1) is 8.47. The number of hydrogen-bond donors (Lipinski definition) is 2. The maximum atomic E-state index is 9.74. The van der Waals surface area contributed by atoms with Crippen molar-refractivity contribution in [3.63, 3.8) is 0 Å². The summed E-state index contributed by atoms with van der Waals surface area (Å²) in [4.78, 5) is 0. The van der Waals surface area contributed by atoms with E-state index in [1.54, 1.807) is 18.2 Å². The number of aliphatic hydroxyl groups is 1. The summed E-state index contributed by atoms with van der Waals surface area (Å²) in [6.07, 6.45) is 8.59. The van der Waals surface area contributed by atoms with Crippen LogP contribution in [0, 0.1) is 5.41 Å². The Morgan fingerprint density at radius 2 is 1.67 bits per heavy atom. The van der Waals surface area contributed by atoms with E-state index < -0.39 is 0 Å². The molecule has 1 aromatic carbocycles. The van der Waals surface area contributed by atoms with E-state index >= 15 is 0 Å². The molecular formula is C16H18O2. The minimum atomic E-state index is -0.191. The number of phenolic OH excluding ortho intramolecular Hbond substituents is 1. The summed E-state index contributed by atoms with van der Waals surface area (Å²) in [6, 6.07) is 7.08. The predicted molar refractivity (Wildman–Crippen MR) is 74.3 cm³/mol. The lowest BCUT2D eigenvalue weighted by atomic mass is 9.80. The standard InChI is InChI=1S/C16H18O2/c1-16(2)11-13(7-10-15(16)18)4-3-12-5-8-14(17)9-6-12/h3-10,17-18H,11H2,1-2H3. The van der Waals surface area contributed by atoms with E-state index in [2.05, 4.69) is 6.08 Å². The van der Waals surface area contributed by atoms with Crippen LogP contribution < -0.4 is 0 Å². The van der Waals surface area contributed by atoms with Crippen molar-refractivity contribution in [2.75, 3.05) is 0 Å². The lowest BCUT2D eigenvalue weighted by Crippen LogP contribution is -2.17. The Kier molecular flexibility index (Phi) is 3.28. The monoisotopic (exact) mass is 242 g/mol. The third kappa shape index (κ3) is 2.83. The smallest absolute Gasteiger partial charge is 0.115 e. The van der Waals surface area contributed by atoms with Crippen LogP contribution in [0.5, 0.6) is 5.75 Å². The maximum absolute atomic E-state index is 9.74. The van der Waals surface area contributed by atoms with Gasteiger partial charge in [0.15, 0.2) is 0 Å². The van der Waals surface area contributed by atoms with E-state index in [1.165, 1.54) is 5.57 Å². The van der Waals surface area contributed by atoms with Crippen LogP contribution in [0.4, 0.5) is 0 Å². The molecule has 18 heavy (non-hydrogen) atoms. The van der Waals surface area contributed by atoms with Crippen LogP contribution in [0.2, 0.25) is 0 Å². The third-order valence-electron chi connectivity index (χ3n) is 3.18. The number of benzene rings is 1. The second kappa shape index (κ2) is 4.73. The zero-order valence-corrected chi connectivity index (χ0v) is 10.7. The molecule has 0 spiro atoms. The molecular weight excluding hydrogens is 224 g/mol. The zero-order chi connectivity index (χ0) is 13.2. The maximum Gasteiger partial charge on any atom is 0.115 e. The molecule has 2 N–H and O–H groups in total. The lowest BCUT2D eigenvalue weighted by Gasteiger charge is -2.27. The molecule has 1 aliphatic carbocycles. The highest BCUT2D eigenvalue weighted by Gasteiger charge is 2.25. The highest BCUT2D eigenvalue weighted by atomic mass is 16.3. The number of aliphatic hydroxyl groups excluding tert-OH is 1. The fraction of sp³-hybridized carbons (Fsp3) is 0.250. The van der Waals surface area contributed by atoms with E-state index in [9.17, 15) is 10.2 Å². The fourth-order valence-corrected chi connectivity index (χ4v) is 1.97. The zero-order valence-electron chi connectivity index (χ0n) is 10.7. The van der Waals surface area contributed by atoms with Crippen molar-refractivity contribution in [3.8, 4) is 5.75 Å². The van der Waals surface area contributed by atoms with Crippen molar-refractivity contribution in [2.45, 2.75) is 20.3 Å². The number of phenols is 1. The van der Waals surface area contributed by atoms with E-state index in [0.717, 1.165) is 12.0 Å². The average Bonchev–Trinajstić information content (AvgIpc) is 2.32. The van der Waals surface area contributed by atoms with Gasteiger partial charge in [-0.25, -0.2) is 0 Å². The number of hydrogen-bond acceptors (Lipinski definition) is 2. The normalized spacial score (nSPS) is 18.6. The summed E-state index contributed by atoms with van der Waals surface area (Å²) in [6.45, 7) is 4.06. The Labute approximate surface area is 108 Å². The molecule has 0 saturated heterocycles. The van der Waals surface area contributed by atoms with E-state index in [-0.39, 0.29) is 11.2 Å². The summed E-state index contributed by atoms with van der Waals surface area (Å²) >= 11 is 0. The van der Waals surface area contributed by atoms with Crippen LogP contribution in [0.25, 0.3) is 6.08 Å². The first kappa shape index (κ1) is 12.5. The summed E-state index contributed by atoms with van der Waals surface area (Å²) in [5.74, 6) is 0.710. The van der Waals surface area contributed by atoms with Crippen LogP contribution in [0.15, 0.2) is 53.8 Å². The molecule has 94 valence electrons. The largest absolute Gasteiger partial charge is 0.512 e. The van der Waals surface area contributed by atoms with Gasteiger partial charge >= 0.3 is 0 Å². The van der Waals surface area contributed by atoms with Gasteiger partial charge in [0.25, 0.3) is 0 Å². The minimum absolute atomic E-state index is 0.191. The average molecular weight is 242 g/mol. The quantitative estimate of drug-likeness (QED) is 0.815. The van der Waals surface area contributed by atoms with Crippen LogP contribution in [0.1, 0.15) is 25.8 Å². The second-order valence-electron chi connectivity index (χ2n) is 5.28. The number of aromatic hydroxyl groups is 1. The van der Waals surface area contributed by atoms with Gasteiger partial charge in [-0.15, -0.1) is 0 Å². The topological polar surface area (TPSA) is 40.5 Å². The van der Waals surface area contributed by atoms with Gasteiger partial charge in [0.1, 0.15) is 5.75 Å². The molecule has 2 heteroatoms. The van der Waals surface area contributed by atoms with Crippen molar-refractivity contribution < 1.29 is 10.2 Å². The SMILES string of the molecule is CC1(C)CC(C=Cc2ccc(O)cc2)=CC=C1O. The minimum Gasteiger partial charge on any atom is -0.512 e. The van der Waals surface area contributed by atoms with Crippen LogP contribution in [-0.4, -0.2) is 10.2 Å². The van der Waals surface area contributed by atoms with E-state index in [4.69, 9.17) is 0 Å². The Morgan fingerprint density at radius 3 is 2.28 bits per heavy atom. The fourth-order valence-electron chi connectivity index (χ4n) is 1.97. The first-order valence-electron chi connectivity index (χ1n) is 6.05. The van der Waals surface area contributed by atoms with Gasteiger partial charge in [0.2, 0.25) is 0 Å². The second-order valence-corrected chi connectivity index (χ2v) is 5.28. The van der Waals surface area contributed by atoms with Gasteiger partial charge in [0, 0.05) is 5.41 Å². The third-order valence-corrected chi connectivity index (χ3v) is 3.18. The Morgan fingerprint density at radius 1 is 1.00 bits per heavy atom. The molecule has 1 aromatic rings. The lowest BCUT2D eigenvalue weighted by molar-refractivity contribution is 0.254. The molecule has 0 fully saturated rings. The van der Waals surface area contributed by atoms with Gasteiger partial charge in [0.05, 0.1) is 5.76 Å². The number of rotatable bonds is 2. The Balaban J connectivity index is 2.13. The van der Waals surface area contributed by atoms with Crippen molar-refractivity contribution in [1.29, 1.82) is 0 Å². The van der Waals surface area contributed by atoms with E-state index in [1.807, 2.05) is 38.1 Å². The Bertz CT molecular complexity index is 517. The van der Waals surface area contributed by atoms with Gasteiger partial charge in [-0.1, -0.05) is 44.2 Å². The molecule has 2 nitrogen and oxygen atoms in total. The summed E-state index contributed by atoms with van der Waals surface area (Å²) in [5.41, 5.74) is 2.04. The first-order valence-corrected chi connectivity index (χ1v) is 6.05. The molecule has 0 atom stereocenters. The molecule has 0 saturated carbocycles. The molecule has 0 aromatic heterocycles. The predicted octanol–water partition coefficient (Wildman–Crippen LogP) is 4.20. The summed E-state index contributed by atoms with van der Waals surface area (Å²) in [7, 11) is 0. The number of allylic oxidation sites excluding steroid dienone is 5. The highest BCUT2D eigenvalue weighted by molar-refractivity contribution is 5.54. The molecule has 0 aliphatic heterocycles. The van der Waals surface area contributed by atoms with E-state index in [0.29, 0.717) is 5.76 Å². The molecule has 2 rings (SSSR count). The molecule has 0 heterocycles. The Hall–Kier alpha value is -1.96. The molecule has 0 bridgehead atoms. The van der Waals surface area contributed by atoms with Crippen molar-refractivity contribution in [2.24, 2.45) is 5.41 Å². The van der Waals surface area contributed by atoms with Crippen LogP contribution >= 0.6 is 0 Å². The van der Waals surface area contributed by atoms with Gasteiger partial charge in [-0.2, -0.15) is 0 Å². The van der Waals surface area contributed by atoms with Crippen molar-refractivity contribution in [1.82, 2.24) is 0 Å². The van der Waals surface area contributed by atoms with Crippen molar-refractivity contribution in [3.05, 3.63) is 59.4 Å². The molecule has 0 radical (unpaired) electrons. The molecule has 0 amide bonds. The molecule has 1 aliphatic rings. The van der Waals surface area contributed by atoms with Gasteiger partial charge in [-0.05, 0) is 35.8 Å². The highest BCUT2D eigenvalue weighted by Crippen LogP contribution is 2.35. The van der Waals surface area contributed by atoms with Gasteiger partial charge in [-0.3, -0.25) is 0 Å². The van der Waals surface area contributed by atoms with Gasteiger partial charge < -0.3 is 10.2 Å². The van der Waals surface area contributed by atoms with Crippen molar-refractivity contribution >= 4 is 6.08 Å². The van der Waals surface area contributed by atoms with Crippen LogP contribution in [-0.2, 0) is 0 Å². The molecule has 0 unspecified atom stereocenters. The summed E-state index contributed by atoms with van der Waals surface area (Å²) < 4.78 is 0. The summed E-state index contributed by atoms with van der Waals surface area (Å²) in [5, 5.41) is 18.9.